The van der Waals surface area contributed by atoms with Gasteiger partial charge in [0, 0.05) is 5.56 Å². The molecule has 0 spiro atoms. The fourth-order valence-electron chi connectivity index (χ4n) is 1.08. The standard InChI is InChI=1S/C7H3F3N2O4/c1-2-3(8)5(10)7(12(15)16)6(4(2)9)11(13)14/h1H3. The largest absolute Gasteiger partial charge is 0.387 e. The fourth-order valence-corrected chi connectivity index (χ4v) is 1.08. The maximum atomic E-state index is 13.2. The Morgan fingerprint density at radius 2 is 1.25 bits per heavy atom. The van der Waals surface area contributed by atoms with Crippen LogP contribution in [-0.2, 0) is 0 Å². The van der Waals surface area contributed by atoms with Crippen LogP contribution in [0.25, 0.3) is 0 Å². The van der Waals surface area contributed by atoms with Crippen molar-refractivity contribution in [3.8, 4) is 0 Å². The maximum Gasteiger partial charge on any atom is 0.387 e. The Kier molecular flexibility index (Phi) is 2.79. The van der Waals surface area contributed by atoms with Gasteiger partial charge in [0.05, 0.1) is 9.85 Å². The van der Waals surface area contributed by atoms with Gasteiger partial charge in [0.1, 0.15) is 0 Å². The van der Waals surface area contributed by atoms with Gasteiger partial charge in [-0.1, -0.05) is 0 Å². The summed E-state index contributed by atoms with van der Waals surface area (Å²) in [6.07, 6.45) is 0. The molecule has 0 aromatic heterocycles. The van der Waals surface area contributed by atoms with E-state index >= 15 is 0 Å². The normalized spacial score (nSPS) is 10.2. The SMILES string of the molecule is Cc1c(F)c(F)c([N+](=O)[O-])c([N+](=O)[O-])c1F. The van der Waals surface area contributed by atoms with E-state index in [1.807, 2.05) is 0 Å². The summed E-state index contributed by atoms with van der Waals surface area (Å²) in [5.41, 5.74) is -4.47. The van der Waals surface area contributed by atoms with Crippen LogP contribution in [-0.4, -0.2) is 9.85 Å². The first-order valence-electron chi connectivity index (χ1n) is 3.74. The molecule has 0 aliphatic rings. The van der Waals surface area contributed by atoms with E-state index in [4.69, 9.17) is 0 Å². The fraction of sp³-hybridized carbons (Fsp3) is 0.143. The second-order valence-corrected chi connectivity index (χ2v) is 2.78. The van der Waals surface area contributed by atoms with Crippen molar-refractivity contribution < 1.29 is 23.0 Å². The van der Waals surface area contributed by atoms with Crippen molar-refractivity contribution in [2.24, 2.45) is 0 Å². The molecule has 0 N–H and O–H groups in total. The average Bonchev–Trinajstić information content (AvgIpc) is 2.18. The van der Waals surface area contributed by atoms with E-state index in [9.17, 15) is 33.4 Å². The molecule has 0 saturated carbocycles. The van der Waals surface area contributed by atoms with Gasteiger partial charge in [-0.05, 0) is 6.92 Å². The summed E-state index contributed by atoms with van der Waals surface area (Å²) in [5.74, 6) is -5.61. The van der Waals surface area contributed by atoms with E-state index < -0.39 is 44.2 Å². The van der Waals surface area contributed by atoms with Gasteiger partial charge in [-0.25, -0.2) is 4.39 Å². The van der Waals surface area contributed by atoms with Gasteiger partial charge >= 0.3 is 11.4 Å². The van der Waals surface area contributed by atoms with Gasteiger partial charge < -0.3 is 0 Å². The van der Waals surface area contributed by atoms with Crippen molar-refractivity contribution in [2.45, 2.75) is 6.92 Å². The minimum absolute atomic E-state index is 0.741. The number of rotatable bonds is 2. The van der Waals surface area contributed by atoms with Crippen molar-refractivity contribution >= 4 is 11.4 Å². The number of hydrogen-bond donors (Lipinski definition) is 0. The summed E-state index contributed by atoms with van der Waals surface area (Å²) in [4.78, 5) is 17.6. The third kappa shape index (κ3) is 1.55. The highest BCUT2D eigenvalue weighted by atomic mass is 19.2. The average molecular weight is 236 g/mol. The summed E-state index contributed by atoms with van der Waals surface area (Å²) in [6, 6.07) is 0. The molecule has 16 heavy (non-hydrogen) atoms. The molecule has 0 bridgehead atoms. The second-order valence-electron chi connectivity index (χ2n) is 2.78. The molecule has 1 aromatic carbocycles. The van der Waals surface area contributed by atoms with Crippen molar-refractivity contribution in [2.75, 3.05) is 0 Å². The third-order valence-electron chi connectivity index (χ3n) is 1.86. The van der Waals surface area contributed by atoms with Crippen LogP contribution in [0.3, 0.4) is 0 Å². The molecule has 0 aliphatic carbocycles. The Bertz CT molecular complexity index is 458. The Morgan fingerprint density at radius 3 is 1.62 bits per heavy atom. The van der Waals surface area contributed by atoms with Crippen LogP contribution in [0, 0.1) is 44.6 Å². The quantitative estimate of drug-likeness (QED) is 0.447. The molecule has 9 heteroatoms. The molecule has 0 amide bonds. The topological polar surface area (TPSA) is 86.3 Å². The van der Waals surface area contributed by atoms with E-state index in [0.717, 1.165) is 6.92 Å². The van der Waals surface area contributed by atoms with Crippen LogP contribution in [0.1, 0.15) is 5.56 Å². The molecule has 0 radical (unpaired) electrons. The Labute approximate surface area is 85.6 Å². The van der Waals surface area contributed by atoms with Crippen molar-refractivity contribution in [1.82, 2.24) is 0 Å². The zero-order chi connectivity index (χ0) is 12.6. The number of nitrogens with zero attached hydrogens (tertiary/aromatic N) is 2. The van der Waals surface area contributed by atoms with Gasteiger partial charge in [0.2, 0.25) is 11.6 Å². The Balaban J connectivity index is 3.83. The molecule has 0 heterocycles. The lowest BCUT2D eigenvalue weighted by Crippen LogP contribution is -2.07. The van der Waals surface area contributed by atoms with Crippen molar-refractivity contribution in [3.05, 3.63) is 43.2 Å². The molecule has 6 nitrogen and oxygen atoms in total. The predicted octanol–water partition coefficient (Wildman–Crippen LogP) is 2.23. The number of nitro benzene ring substituents is 2. The van der Waals surface area contributed by atoms with Gasteiger partial charge in [0.15, 0.2) is 5.82 Å². The summed E-state index contributed by atoms with van der Waals surface area (Å²) >= 11 is 0. The number of nitro groups is 2. The van der Waals surface area contributed by atoms with Crippen LogP contribution < -0.4 is 0 Å². The zero-order valence-electron chi connectivity index (χ0n) is 7.66. The van der Waals surface area contributed by atoms with E-state index in [1.54, 1.807) is 0 Å². The summed E-state index contributed by atoms with van der Waals surface area (Å²) in [5, 5.41) is 20.6. The lowest BCUT2D eigenvalue weighted by atomic mass is 10.1. The van der Waals surface area contributed by atoms with Crippen LogP contribution >= 0.6 is 0 Å². The highest BCUT2D eigenvalue weighted by Crippen LogP contribution is 2.36. The highest BCUT2D eigenvalue weighted by molar-refractivity contribution is 5.56. The van der Waals surface area contributed by atoms with E-state index in [1.165, 1.54) is 0 Å². The first-order chi connectivity index (χ1) is 7.29. The predicted molar refractivity (Wildman–Crippen MR) is 44.4 cm³/mol. The van der Waals surface area contributed by atoms with Crippen molar-refractivity contribution in [3.63, 3.8) is 0 Å². The lowest BCUT2D eigenvalue weighted by Gasteiger charge is -2.02. The molecule has 86 valence electrons. The molecule has 0 atom stereocenters. The highest BCUT2D eigenvalue weighted by Gasteiger charge is 2.38. The summed E-state index contributed by atoms with van der Waals surface area (Å²) in [6.45, 7) is 0.741. The third-order valence-corrected chi connectivity index (χ3v) is 1.86. The smallest absolute Gasteiger partial charge is 0.258 e. The van der Waals surface area contributed by atoms with Crippen LogP contribution in [0.15, 0.2) is 0 Å². The van der Waals surface area contributed by atoms with E-state index in [-0.39, 0.29) is 0 Å². The molecule has 0 aliphatic heterocycles. The summed E-state index contributed by atoms with van der Waals surface area (Å²) in [7, 11) is 0. The molecule has 1 rings (SSSR count). The minimum Gasteiger partial charge on any atom is -0.258 e. The molecule has 1 aromatic rings. The molecular formula is C7H3F3N2O4. The second kappa shape index (κ2) is 3.76. The van der Waals surface area contributed by atoms with Gasteiger partial charge in [-0.3, -0.25) is 20.2 Å². The Morgan fingerprint density at radius 1 is 0.875 bits per heavy atom. The first kappa shape index (κ1) is 11.9. The first-order valence-corrected chi connectivity index (χ1v) is 3.74. The monoisotopic (exact) mass is 236 g/mol. The maximum absolute atomic E-state index is 13.2. The lowest BCUT2D eigenvalue weighted by molar-refractivity contribution is -0.426. The van der Waals surface area contributed by atoms with Gasteiger partial charge in [-0.2, -0.15) is 8.78 Å². The van der Waals surface area contributed by atoms with Gasteiger partial charge in [-0.15, -0.1) is 0 Å². The van der Waals surface area contributed by atoms with Crippen LogP contribution in [0.5, 0.6) is 0 Å². The van der Waals surface area contributed by atoms with Crippen molar-refractivity contribution in [1.29, 1.82) is 0 Å². The Hall–Kier alpha value is -2.19. The number of benzene rings is 1. The molecular weight excluding hydrogens is 233 g/mol. The zero-order valence-corrected chi connectivity index (χ0v) is 7.66. The van der Waals surface area contributed by atoms with E-state index in [0.29, 0.717) is 0 Å². The van der Waals surface area contributed by atoms with Crippen LogP contribution in [0.2, 0.25) is 0 Å². The minimum atomic E-state index is -2.05. The number of halogens is 3. The number of hydrogen-bond acceptors (Lipinski definition) is 4. The molecule has 0 fully saturated rings. The molecule has 0 unspecified atom stereocenters. The molecule has 0 saturated heterocycles. The summed E-state index contributed by atoms with van der Waals surface area (Å²) < 4.78 is 39.1. The van der Waals surface area contributed by atoms with E-state index in [2.05, 4.69) is 0 Å². The van der Waals surface area contributed by atoms with Crippen LogP contribution in [0.4, 0.5) is 24.5 Å². The van der Waals surface area contributed by atoms with Gasteiger partial charge in [0.25, 0.3) is 0 Å².